The number of methoxy groups -OCH3 is 1. The van der Waals surface area contributed by atoms with Crippen molar-refractivity contribution in [2.75, 3.05) is 33.3 Å². The smallest absolute Gasteiger partial charge is 0.314 e. The largest absolute Gasteiger partial charge is 0.497 e. The number of carbonyl (C=O) groups excluding carboxylic acids is 2. The Morgan fingerprint density at radius 3 is 2.40 bits per heavy atom. The Morgan fingerprint density at radius 2 is 1.70 bits per heavy atom. The number of amides is 3. The third kappa shape index (κ3) is 4.14. The Balaban J connectivity index is 1.37. The summed E-state index contributed by atoms with van der Waals surface area (Å²) in [7, 11) is 1.63. The molecule has 156 valence electrons. The molecule has 9 nitrogen and oxygen atoms in total. The number of aromatic nitrogens is 1. The second-order valence-electron chi connectivity index (χ2n) is 6.91. The normalized spacial score (nSPS) is 14.0. The SMILES string of the molecule is COc1ccc2ccc(OCc3nc(C(=O)N4CCN(C(N)=O)CC4)co3)cc2c1. The first-order valence-electron chi connectivity index (χ1n) is 9.52. The molecule has 1 aliphatic rings. The number of nitrogens with zero attached hydrogens (tertiary/aromatic N) is 3. The molecule has 0 atom stereocenters. The number of piperazine rings is 1. The van der Waals surface area contributed by atoms with Crippen molar-refractivity contribution in [3.8, 4) is 11.5 Å². The molecule has 9 heteroatoms. The number of oxazole rings is 1. The highest BCUT2D eigenvalue weighted by Gasteiger charge is 2.25. The van der Waals surface area contributed by atoms with Gasteiger partial charge in [0, 0.05) is 26.2 Å². The molecule has 2 N–H and O–H groups in total. The molecule has 0 saturated carbocycles. The van der Waals surface area contributed by atoms with Gasteiger partial charge in [-0.15, -0.1) is 0 Å². The van der Waals surface area contributed by atoms with Crippen molar-refractivity contribution < 1.29 is 23.5 Å². The van der Waals surface area contributed by atoms with E-state index in [1.54, 1.807) is 12.0 Å². The Bertz CT molecular complexity index is 1070. The highest BCUT2D eigenvalue weighted by Crippen LogP contribution is 2.25. The highest BCUT2D eigenvalue weighted by molar-refractivity contribution is 5.92. The van der Waals surface area contributed by atoms with Crippen molar-refractivity contribution in [3.05, 3.63) is 54.2 Å². The predicted octanol–water partition coefficient (Wildman–Crippen LogP) is 2.25. The van der Waals surface area contributed by atoms with Crippen LogP contribution in [0.3, 0.4) is 0 Å². The van der Waals surface area contributed by atoms with Crippen LogP contribution in [0.15, 0.2) is 47.1 Å². The van der Waals surface area contributed by atoms with Crippen LogP contribution in [0.1, 0.15) is 16.4 Å². The summed E-state index contributed by atoms with van der Waals surface area (Å²) < 4.78 is 16.4. The summed E-state index contributed by atoms with van der Waals surface area (Å²) in [5.41, 5.74) is 5.48. The van der Waals surface area contributed by atoms with E-state index in [0.717, 1.165) is 16.5 Å². The Morgan fingerprint density at radius 1 is 1.03 bits per heavy atom. The van der Waals surface area contributed by atoms with Gasteiger partial charge in [0.05, 0.1) is 7.11 Å². The summed E-state index contributed by atoms with van der Waals surface area (Å²) in [4.78, 5) is 31.1. The fourth-order valence-corrected chi connectivity index (χ4v) is 3.33. The van der Waals surface area contributed by atoms with Crippen LogP contribution in [0.25, 0.3) is 10.8 Å². The van der Waals surface area contributed by atoms with Gasteiger partial charge in [0.2, 0.25) is 5.89 Å². The van der Waals surface area contributed by atoms with Gasteiger partial charge in [-0.3, -0.25) is 4.79 Å². The highest BCUT2D eigenvalue weighted by atomic mass is 16.5. The number of hydrogen-bond acceptors (Lipinski definition) is 6. The van der Waals surface area contributed by atoms with Crippen LogP contribution in [0.2, 0.25) is 0 Å². The molecular weight excluding hydrogens is 388 g/mol. The van der Waals surface area contributed by atoms with E-state index in [-0.39, 0.29) is 18.2 Å². The summed E-state index contributed by atoms with van der Waals surface area (Å²) >= 11 is 0. The molecule has 30 heavy (non-hydrogen) atoms. The number of rotatable bonds is 5. The fraction of sp³-hybridized carbons (Fsp3) is 0.286. The molecule has 1 aromatic heterocycles. The fourth-order valence-electron chi connectivity index (χ4n) is 3.33. The molecule has 1 aliphatic heterocycles. The van der Waals surface area contributed by atoms with Crippen molar-refractivity contribution in [1.82, 2.24) is 14.8 Å². The summed E-state index contributed by atoms with van der Waals surface area (Å²) in [6.07, 6.45) is 1.33. The average Bonchev–Trinajstić information content (AvgIpc) is 3.25. The molecule has 1 saturated heterocycles. The van der Waals surface area contributed by atoms with Gasteiger partial charge in [0.1, 0.15) is 17.8 Å². The van der Waals surface area contributed by atoms with E-state index in [4.69, 9.17) is 19.6 Å². The molecule has 0 radical (unpaired) electrons. The molecule has 0 aliphatic carbocycles. The van der Waals surface area contributed by atoms with E-state index >= 15 is 0 Å². The van der Waals surface area contributed by atoms with E-state index < -0.39 is 6.03 Å². The lowest BCUT2D eigenvalue weighted by Crippen LogP contribution is -2.52. The van der Waals surface area contributed by atoms with Crippen molar-refractivity contribution >= 4 is 22.7 Å². The second kappa shape index (κ2) is 8.32. The van der Waals surface area contributed by atoms with Crippen LogP contribution < -0.4 is 15.2 Å². The van der Waals surface area contributed by atoms with E-state index in [0.29, 0.717) is 37.8 Å². The van der Waals surface area contributed by atoms with Gasteiger partial charge in [-0.2, -0.15) is 0 Å². The third-order valence-corrected chi connectivity index (χ3v) is 5.03. The van der Waals surface area contributed by atoms with Crippen LogP contribution in [0.4, 0.5) is 4.79 Å². The average molecular weight is 410 g/mol. The Labute approximate surface area is 173 Å². The molecule has 1 fully saturated rings. The molecule has 0 bridgehead atoms. The van der Waals surface area contributed by atoms with Gasteiger partial charge >= 0.3 is 6.03 Å². The number of nitrogens with two attached hydrogens (primary N) is 1. The number of hydrogen-bond donors (Lipinski definition) is 1. The van der Waals surface area contributed by atoms with Gasteiger partial charge in [-0.1, -0.05) is 12.1 Å². The summed E-state index contributed by atoms with van der Waals surface area (Å²) in [5, 5.41) is 2.06. The maximum Gasteiger partial charge on any atom is 0.314 e. The van der Waals surface area contributed by atoms with Crippen molar-refractivity contribution in [2.24, 2.45) is 5.73 Å². The quantitative estimate of drug-likeness (QED) is 0.691. The van der Waals surface area contributed by atoms with Gasteiger partial charge < -0.3 is 29.4 Å². The van der Waals surface area contributed by atoms with E-state index in [1.165, 1.54) is 11.2 Å². The number of carbonyl (C=O) groups is 2. The standard InChI is InChI=1S/C21H22N4O5/c1-28-16-4-2-14-3-5-17(11-15(14)10-16)29-13-19-23-18(12-30-19)20(26)24-6-8-25(9-7-24)21(22)27/h2-5,10-12H,6-9,13H2,1H3,(H2,22,27). The number of fused-ring (bicyclic) bond motifs is 1. The summed E-state index contributed by atoms with van der Waals surface area (Å²) in [6.45, 7) is 1.71. The van der Waals surface area contributed by atoms with Gasteiger partial charge in [0.25, 0.3) is 5.91 Å². The minimum atomic E-state index is -0.477. The van der Waals surface area contributed by atoms with Crippen molar-refractivity contribution in [3.63, 3.8) is 0 Å². The number of primary amides is 1. The number of ether oxygens (including phenoxy) is 2. The van der Waals surface area contributed by atoms with Gasteiger partial charge in [0.15, 0.2) is 12.3 Å². The number of benzene rings is 2. The van der Waals surface area contributed by atoms with Crippen LogP contribution in [0, 0.1) is 0 Å². The molecular formula is C21H22N4O5. The minimum Gasteiger partial charge on any atom is -0.497 e. The van der Waals surface area contributed by atoms with Crippen LogP contribution in [0.5, 0.6) is 11.5 Å². The lowest BCUT2D eigenvalue weighted by molar-refractivity contribution is 0.0663. The predicted molar refractivity (Wildman–Crippen MR) is 108 cm³/mol. The van der Waals surface area contributed by atoms with E-state index in [9.17, 15) is 9.59 Å². The third-order valence-electron chi connectivity index (χ3n) is 5.03. The topological polar surface area (TPSA) is 111 Å². The Hall–Kier alpha value is -3.75. The van der Waals surface area contributed by atoms with Crippen molar-refractivity contribution in [1.29, 1.82) is 0 Å². The lowest BCUT2D eigenvalue weighted by atomic mass is 10.1. The van der Waals surface area contributed by atoms with Gasteiger partial charge in [-0.25, -0.2) is 9.78 Å². The first-order valence-corrected chi connectivity index (χ1v) is 9.52. The second-order valence-corrected chi connectivity index (χ2v) is 6.91. The maximum absolute atomic E-state index is 12.6. The van der Waals surface area contributed by atoms with Crippen LogP contribution in [-0.2, 0) is 6.61 Å². The first-order chi connectivity index (χ1) is 14.5. The maximum atomic E-state index is 12.6. The summed E-state index contributed by atoms with van der Waals surface area (Å²) in [6, 6.07) is 11.1. The molecule has 2 heterocycles. The monoisotopic (exact) mass is 410 g/mol. The zero-order chi connectivity index (χ0) is 21.1. The molecule has 3 amide bonds. The molecule has 0 unspecified atom stereocenters. The number of urea groups is 1. The molecule has 4 rings (SSSR count). The van der Waals surface area contributed by atoms with Crippen molar-refractivity contribution in [2.45, 2.75) is 6.61 Å². The molecule has 3 aromatic rings. The van der Waals surface area contributed by atoms with Crippen LogP contribution >= 0.6 is 0 Å². The van der Waals surface area contributed by atoms with Crippen LogP contribution in [-0.4, -0.2) is 60.0 Å². The first kappa shape index (κ1) is 19.6. The van der Waals surface area contributed by atoms with E-state index in [2.05, 4.69) is 4.98 Å². The lowest BCUT2D eigenvalue weighted by Gasteiger charge is -2.33. The zero-order valence-corrected chi connectivity index (χ0v) is 16.5. The summed E-state index contributed by atoms with van der Waals surface area (Å²) in [5.74, 6) is 1.49. The van der Waals surface area contributed by atoms with E-state index in [1.807, 2.05) is 36.4 Å². The zero-order valence-electron chi connectivity index (χ0n) is 16.5. The molecule has 0 spiro atoms. The molecule has 2 aromatic carbocycles. The Kier molecular flexibility index (Phi) is 5.42. The minimum absolute atomic E-state index is 0.0954. The van der Waals surface area contributed by atoms with Gasteiger partial charge in [-0.05, 0) is 35.0 Å².